The van der Waals surface area contributed by atoms with Gasteiger partial charge in [0.15, 0.2) is 0 Å². The first-order valence-electron chi connectivity index (χ1n) is 8.63. The number of hydrogen-bond donors (Lipinski definition) is 1. The van der Waals surface area contributed by atoms with Gasteiger partial charge in [-0.2, -0.15) is 0 Å². The first kappa shape index (κ1) is 18.2. The average molecular weight is 357 g/mol. The van der Waals surface area contributed by atoms with Crippen LogP contribution in [0.5, 0.6) is 5.75 Å². The average Bonchev–Trinajstić information content (AvgIpc) is 3.04. The number of carbonyl (C=O) groups excluding carboxylic acids is 1. The number of likely N-dealkylation sites (N-methyl/N-ethyl adjacent to an activating group) is 1. The molecule has 0 saturated heterocycles. The second-order valence-electron chi connectivity index (χ2n) is 6.62. The van der Waals surface area contributed by atoms with Gasteiger partial charge in [-0.3, -0.25) is 4.90 Å². The lowest BCUT2D eigenvalue weighted by Gasteiger charge is -2.27. The van der Waals surface area contributed by atoms with Crippen LogP contribution in [0, 0.1) is 5.82 Å². The number of nitrogens with zero attached hydrogens (tertiary/aromatic N) is 2. The topological polar surface area (TPSA) is 44.8 Å². The zero-order valence-electron chi connectivity index (χ0n) is 15.3. The van der Waals surface area contributed by atoms with E-state index in [2.05, 4.69) is 5.32 Å². The Labute approximate surface area is 153 Å². The maximum absolute atomic E-state index is 13.5. The lowest BCUT2D eigenvalue weighted by Crippen LogP contribution is -2.42. The van der Waals surface area contributed by atoms with Gasteiger partial charge in [0.25, 0.3) is 0 Å². The van der Waals surface area contributed by atoms with E-state index in [4.69, 9.17) is 4.74 Å². The van der Waals surface area contributed by atoms with Crippen molar-refractivity contribution in [3.05, 3.63) is 59.4 Å². The summed E-state index contributed by atoms with van der Waals surface area (Å²) in [6.45, 7) is 1.01. The maximum Gasteiger partial charge on any atom is 0.321 e. The molecule has 5 nitrogen and oxygen atoms in total. The van der Waals surface area contributed by atoms with Crippen molar-refractivity contribution in [1.82, 2.24) is 10.2 Å². The number of nitrogens with one attached hydrogen (secondary N) is 1. The van der Waals surface area contributed by atoms with Crippen LogP contribution in [-0.4, -0.2) is 45.2 Å². The Kier molecular flexibility index (Phi) is 5.42. The van der Waals surface area contributed by atoms with E-state index >= 15 is 0 Å². The summed E-state index contributed by atoms with van der Waals surface area (Å²) in [5.41, 5.74) is 2.71. The molecule has 1 N–H and O–H groups in total. The molecule has 0 bridgehead atoms. The number of carbonyl (C=O) groups is 1. The number of amides is 2. The third-order valence-electron chi connectivity index (χ3n) is 4.74. The minimum Gasteiger partial charge on any atom is -0.497 e. The highest BCUT2D eigenvalue weighted by molar-refractivity contribution is 5.94. The van der Waals surface area contributed by atoms with Crippen molar-refractivity contribution in [3.8, 4) is 5.75 Å². The smallest absolute Gasteiger partial charge is 0.321 e. The van der Waals surface area contributed by atoms with E-state index < -0.39 is 0 Å². The predicted octanol–water partition coefficient (Wildman–Crippen LogP) is 3.21. The van der Waals surface area contributed by atoms with Crippen LogP contribution in [0.25, 0.3) is 0 Å². The summed E-state index contributed by atoms with van der Waals surface area (Å²) < 4.78 is 18.8. The molecule has 0 spiro atoms. The van der Waals surface area contributed by atoms with Crippen LogP contribution in [-0.2, 0) is 6.42 Å². The zero-order valence-corrected chi connectivity index (χ0v) is 15.3. The number of ether oxygens (including phenoxy) is 1. The Morgan fingerprint density at radius 2 is 2.12 bits per heavy atom. The fourth-order valence-corrected chi connectivity index (χ4v) is 3.29. The molecule has 0 unspecified atom stereocenters. The highest BCUT2D eigenvalue weighted by atomic mass is 19.1. The summed E-state index contributed by atoms with van der Waals surface area (Å²) in [6.07, 6.45) is 0.746. The molecule has 2 amide bonds. The molecular formula is C20H24FN3O2. The van der Waals surface area contributed by atoms with Gasteiger partial charge < -0.3 is 15.0 Å². The molecule has 2 aromatic rings. The van der Waals surface area contributed by atoms with E-state index in [1.165, 1.54) is 12.1 Å². The van der Waals surface area contributed by atoms with Crippen LogP contribution in [0.4, 0.5) is 14.9 Å². The van der Waals surface area contributed by atoms with Gasteiger partial charge in [0.1, 0.15) is 11.6 Å². The first-order valence-corrected chi connectivity index (χ1v) is 8.63. The molecule has 0 aromatic heterocycles. The standard InChI is InChI=1S/C20H24FN3O2/c1-23(2)19(15-5-4-6-17(11-15)26-3)13-22-20(25)24-10-9-14-7-8-16(21)12-18(14)24/h4-8,11-12,19H,9-10,13H2,1-3H3,(H,22,25)/t19-/m1/s1. The number of halogens is 1. The Morgan fingerprint density at radius 1 is 1.31 bits per heavy atom. The van der Waals surface area contributed by atoms with Crippen LogP contribution in [0.3, 0.4) is 0 Å². The highest BCUT2D eigenvalue weighted by Gasteiger charge is 2.26. The van der Waals surface area contributed by atoms with Gasteiger partial charge >= 0.3 is 6.03 Å². The van der Waals surface area contributed by atoms with E-state index in [1.54, 1.807) is 18.1 Å². The molecule has 6 heteroatoms. The summed E-state index contributed by atoms with van der Waals surface area (Å²) in [5.74, 6) is 0.454. The highest BCUT2D eigenvalue weighted by Crippen LogP contribution is 2.29. The number of fused-ring (bicyclic) bond motifs is 1. The SMILES string of the molecule is COc1cccc([C@@H](CNC(=O)N2CCc3ccc(F)cc32)N(C)C)c1. The number of urea groups is 1. The lowest BCUT2D eigenvalue weighted by atomic mass is 10.1. The fraction of sp³-hybridized carbons (Fsp3) is 0.350. The third kappa shape index (κ3) is 3.80. The molecule has 0 aliphatic carbocycles. The molecule has 0 saturated carbocycles. The molecule has 26 heavy (non-hydrogen) atoms. The molecule has 0 radical (unpaired) electrons. The number of methoxy groups -OCH3 is 1. The van der Waals surface area contributed by atoms with Gasteiger partial charge in [-0.1, -0.05) is 18.2 Å². The van der Waals surface area contributed by atoms with Crippen LogP contribution in [0.15, 0.2) is 42.5 Å². The van der Waals surface area contributed by atoms with Gasteiger partial charge in [-0.05, 0) is 55.9 Å². The number of hydrogen-bond acceptors (Lipinski definition) is 3. The quantitative estimate of drug-likeness (QED) is 0.894. The van der Waals surface area contributed by atoms with Crippen molar-refractivity contribution >= 4 is 11.7 Å². The minimum absolute atomic E-state index is 0.00336. The van der Waals surface area contributed by atoms with Crippen molar-refractivity contribution in [2.24, 2.45) is 0 Å². The molecule has 138 valence electrons. The van der Waals surface area contributed by atoms with Crippen LogP contribution in [0.2, 0.25) is 0 Å². The number of rotatable bonds is 5. The molecule has 1 heterocycles. The summed E-state index contributed by atoms with van der Waals surface area (Å²) in [7, 11) is 5.57. The van der Waals surface area contributed by atoms with Gasteiger partial charge in [-0.15, -0.1) is 0 Å². The summed E-state index contributed by atoms with van der Waals surface area (Å²) >= 11 is 0. The van der Waals surface area contributed by atoms with E-state index in [0.717, 1.165) is 23.3 Å². The molecule has 1 aliphatic rings. The molecule has 0 fully saturated rings. The van der Waals surface area contributed by atoms with Crippen molar-refractivity contribution in [2.75, 3.05) is 39.2 Å². The molecular weight excluding hydrogens is 333 g/mol. The summed E-state index contributed by atoms with van der Waals surface area (Å²) in [6, 6.07) is 12.2. The fourth-order valence-electron chi connectivity index (χ4n) is 3.29. The zero-order chi connectivity index (χ0) is 18.7. The van der Waals surface area contributed by atoms with Crippen molar-refractivity contribution < 1.29 is 13.9 Å². The predicted molar refractivity (Wildman–Crippen MR) is 100 cm³/mol. The van der Waals surface area contributed by atoms with Crippen molar-refractivity contribution in [3.63, 3.8) is 0 Å². The maximum atomic E-state index is 13.5. The third-order valence-corrected chi connectivity index (χ3v) is 4.74. The first-order chi connectivity index (χ1) is 12.5. The van der Waals surface area contributed by atoms with E-state index in [9.17, 15) is 9.18 Å². The van der Waals surface area contributed by atoms with Gasteiger partial charge in [-0.25, -0.2) is 9.18 Å². The summed E-state index contributed by atoms with van der Waals surface area (Å²) in [5, 5.41) is 2.98. The van der Waals surface area contributed by atoms with E-state index in [0.29, 0.717) is 18.8 Å². The minimum atomic E-state index is -0.328. The molecule has 2 aromatic carbocycles. The Morgan fingerprint density at radius 3 is 2.85 bits per heavy atom. The van der Waals surface area contributed by atoms with E-state index in [-0.39, 0.29) is 17.9 Å². The Bertz CT molecular complexity index is 794. The van der Waals surface area contributed by atoms with Crippen molar-refractivity contribution in [1.29, 1.82) is 0 Å². The van der Waals surface area contributed by atoms with Gasteiger partial charge in [0, 0.05) is 13.1 Å². The Hall–Kier alpha value is -2.60. The van der Waals surface area contributed by atoms with E-state index in [1.807, 2.05) is 43.3 Å². The van der Waals surface area contributed by atoms with Crippen molar-refractivity contribution in [2.45, 2.75) is 12.5 Å². The Balaban J connectivity index is 1.70. The largest absolute Gasteiger partial charge is 0.497 e. The molecule has 1 aliphatic heterocycles. The van der Waals surface area contributed by atoms with Crippen LogP contribution < -0.4 is 15.0 Å². The number of benzene rings is 2. The second-order valence-corrected chi connectivity index (χ2v) is 6.62. The second kappa shape index (κ2) is 7.74. The normalized spacial score (nSPS) is 14.3. The number of anilines is 1. The summed E-state index contributed by atoms with van der Waals surface area (Å²) in [4.78, 5) is 16.3. The van der Waals surface area contributed by atoms with Crippen LogP contribution in [0.1, 0.15) is 17.2 Å². The lowest BCUT2D eigenvalue weighted by molar-refractivity contribution is 0.238. The van der Waals surface area contributed by atoms with Crippen LogP contribution >= 0.6 is 0 Å². The molecule has 3 rings (SSSR count). The van der Waals surface area contributed by atoms with Gasteiger partial charge in [0.05, 0.1) is 18.8 Å². The van der Waals surface area contributed by atoms with Gasteiger partial charge in [0.2, 0.25) is 0 Å². The monoisotopic (exact) mass is 357 g/mol. The molecule has 1 atom stereocenters.